The summed E-state index contributed by atoms with van der Waals surface area (Å²) >= 11 is 0. The molecule has 0 aliphatic rings. The Balaban J connectivity index is 2.15. The minimum absolute atomic E-state index is 0.464. The third kappa shape index (κ3) is 2.82. The molecule has 3 aromatic rings. The third-order valence-electron chi connectivity index (χ3n) is 3.97. The average molecular weight is 290 g/mol. The van der Waals surface area contributed by atoms with E-state index in [1.165, 1.54) is 27.9 Å². The van der Waals surface area contributed by atoms with Crippen molar-refractivity contribution in [1.82, 2.24) is 9.78 Å². The molecule has 0 aliphatic heterocycles. The van der Waals surface area contributed by atoms with Gasteiger partial charge in [0.15, 0.2) is 0 Å². The van der Waals surface area contributed by atoms with Crippen molar-refractivity contribution in [3.8, 4) is 16.8 Å². The van der Waals surface area contributed by atoms with Crippen molar-refractivity contribution in [3.63, 3.8) is 0 Å². The molecule has 1 aromatic heterocycles. The summed E-state index contributed by atoms with van der Waals surface area (Å²) < 4.78 is 1.99. The van der Waals surface area contributed by atoms with Crippen LogP contribution in [0.4, 0.5) is 0 Å². The minimum atomic E-state index is 0.464. The van der Waals surface area contributed by atoms with Gasteiger partial charge in [0.1, 0.15) is 0 Å². The first kappa shape index (κ1) is 14.6. The molecule has 0 saturated heterocycles. The Morgan fingerprint density at radius 3 is 2.32 bits per heavy atom. The van der Waals surface area contributed by atoms with Gasteiger partial charge in [-0.1, -0.05) is 55.8 Å². The Hall–Kier alpha value is -2.35. The highest BCUT2D eigenvalue weighted by Crippen LogP contribution is 2.29. The fourth-order valence-corrected chi connectivity index (χ4v) is 2.78. The van der Waals surface area contributed by atoms with E-state index in [4.69, 9.17) is 0 Å². The number of hydrogen-bond acceptors (Lipinski definition) is 1. The molecule has 0 radical (unpaired) electrons. The molecule has 3 rings (SSSR count). The van der Waals surface area contributed by atoms with Gasteiger partial charge in [0, 0.05) is 6.20 Å². The lowest BCUT2D eigenvalue weighted by Gasteiger charge is -2.15. The third-order valence-corrected chi connectivity index (χ3v) is 3.97. The fourth-order valence-electron chi connectivity index (χ4n) is 2.78. The molecule has 0 unspecified atom stereocenters. The summed E-state index contributed by atoms with van der Waals surface area (Å²) in [5, 5.41) is 4.59. The Morgan fingerprint density at radius 1 is 0.909 bits per heavy atom. The lowest BCUT2D eigenvalue weighted by atomic mass is 9.96. The van der Waals surface area contributed by atoms with Gasteiger partial charge < -0.3 is 0 Å². The van der Waals surface area contributed by atoms with Crippen LogP contribution in [0.15, 0.2) is 54.7 Å². The highest BCUT2D eigenvalue weighted by molar-refractivity contribution is 5.68. The molecule has 0 atom stereocenters. The van der Waals surface area contributed by atoms with Gasteiger partial charge in [-0.05, 0) is 48.6 Å². The fraction of sp³-hybridized carbons (Fsp3) is 0.250. The molecule has 1 heterocycles. The molecule has 22 heavy (non-hydrogen) atoms. The van der Waals surface area contributed by atoms with Gasteiger partial charge in [-0.25, -0.2) is 4.68 Å². The second-order valence-electron chi connectivity index (χ2n) is 6.20. The molecule has 2 nitrogen and oxygen atoms in total. The van der Waals surface area contributed by atoms with Crippen LogP contribution < -0.4 is 0 Å². The predicted molar refractivity (Wildman–Crippen MR) is 92.6 cm³/mol. The second kappa shape index (κ2) is 5.80. The summed E-state index contributed by atoms with van der Waals surface area (Å²) in [7, 11) is 0. The Morgan fingerprint density at radius 2 is 1.68 bits per heavy atom. The Labute approximate surface area is 132 Å². The van der Waals surface area contributed by atoms with Crippen LogP contribution in [0, 0.1) is 13.8 Å². The van der Waals surface area contributed by atoms with Crippen LogP contribution in [-0.4, -0.2) is 9.78 Å². The Bertz CT molecular complexity index is 797. The van der Waals surface area contributed by atoms with Crippen LogP contribution in [-0.2, 0) is 0 Å². The van der Waals surface area contributed by atoms with Crippen molar-refractivity contribution >= 4 is 0 Å². The van der Waals surface area contributed by atoms with E-state index in [-0.39, 0.29) is 0 Å². The van der Waals surface area contributed by atoms with Gasteiger partial charge in [0.2, 0.25) is 0 Å². The maximum absolute atomic E-state index is 4.59. The molecule has 0 amide bonds. The first-order valence-electron chi connectivity index (χ1n) is 7.78. The molecule has 0 aliphatic carbocycles. The number of aryl methyl sites for hydroxylation is 2. The summed E-state index contributed by atoms with van der Waals surface area (Å²) in [6, 6.07) is 17.4. The zero-order valence-corrected chi connectivity index (χ0v) is 13.7. The predicted octanol–water partition coefficient (Wildman–Crippen LogP) is 5.28. The van der Waals surface area contributed by atoms with Crippen LogP contribution >= 0.6 is 0 Å². The number of nitrogens with zero attached hydrogens (tertiary/aromatic N) is 2. The van der Waals surface area contributed by atoms with Crippen molar-refractivity contribution in [1.29, 1.82) is 0 Å². The maximum Gasteiger partial charge on any atom is 0.0686 e. The normalized spacial score (nSPS) is 11.1. The summed E-state index contributed by atoms with van der Waals surface area (Å²) in [4.78, 5) is 0. The lowest BCUT2D eigenvalue weighted by Crippen LogP contribution is -2.02. The van der Waals surface area contributed by atoms with Crippen molar-refractivity contribution in [3.05, 3.63) is 71.5 Å². The SMILES string of the molecule is Cc1cccc(-c2ccc(C(C)C)c(-n3ccc(C)n3)c2)c1. The van der Waals surface area contributed by atoms with Gasteiger partial charge in [-0.15, -0.1) is 0 Å². The molecule has 2 heteroatoms. The van der Waals surface area contributed by atoms with E-state index in [9.17, 15) is 0 Å². The van der Waals surface area contributed by atoms with Crippen molar-refractivity contribution in [2.45, 2.75) is 33.6 Å². The number of rotatable bonds is 3. The van der Waals surface area contributed by atoms with Gasteiger partial charge in [-0.2, -0.15) is 5.10 Å². The first-order chi connectivity index (χ1) is 10.5. The standard InChI is InChI=1S/C20H22N2/c1-14(2)19-9-8-18(17-7-5-6-15(3)12-17)13-20(19)22-11-10-16(4)21-22/h5-14H,1-4H3. The molecule has 0 fully saturated rings. The lowest BCUT2D eigenvalue weighted by molar-refractivity contribution is 0.802. The zero-order valence-electron chi connectivity index (χ0n) is 13.7. The van der Waals surface area contributed by atoms with Gasteiger partial charge >= 0.3 is 0 Å². The average Bonchev–Trinajstić information content (AvgIpc) is 2.93. The molecular formula is C20H22N2. The topological polar surface area (TPSA) is 17.8 Å². The van der Waals surface area contributed by atoms with Gasteiger partial charge in [0.25, 0.3) is 0 Å². The minimum Gasteiger partial charge on any atom is -0.240 e. The second-order valence-corrected chi connectivity index (χ2v) is 6.20. The molecule has 2 aromatic carbocycles. The molecule has 112 valence electrons. The Kier molecular flexibility index (Phi) is 3.84. The van der Waals surface area contributed by atoms with Crippen LogP contribution in [0.25, 0.3) is 16.8 Å². The molecule has 0 bridgehead atoms. The van der Waals surface area contributed by atoms with Crippen LogP contribution in [0.3, 0.4) is 0 Å². The van der Waals surface area contributed by atoms with Crippen LogP contribution in [0.5, 0.6) is 0 Å². The summed E-state index contributed by atoms with van der Waals surface area (Å²) in [6.45, 7) is 8.60. The van der Waals surface area contributed by atoms with Gasteiger partial charge in [-0.3, -0.25) is 0 Å². The summed E-state index contributed by atoms with van der Waals surface area (Å²) in [5.74, 6) is 0.464. The van der Waals surface area contributed by atoms with E-state index in [0.717, 1.165) is 5.69 Å². The quantitative estimate of drug-likeness (QED) is 0.641. The van der Waals surface area contributed by atoms with Crippen LogP contribution in [0.1, 0.15) is 36.6 Å². The molecule has 0 saturated carbocycles. The van der Waals surface area contributed by atoms with E-state index in [0.29, 0.717) is 5.92 Å². The van der Waals surface area contributed by atoms with Crippen LogP contribution in [0.2, 0.25) is 0 Å². The first-order valence-corrected chi connectivity index (χ1v) is 7.78. The highest BCUT2D eigenvalue weighted by Gasteiger charge is 2.11. The number of benzene rings is 2. The zero-order chi connectivity index (χ0) is 15.7. The maximum atomic E-state index is 4.59. The van der Waals surface area contributed by atoms with Crippen molar-refractivity contribution in [2.75, 3.05) is 0 Å². The van der Waals surface area contributed by atoms with E-state index in [1.54, 1.807) is 0 Å². The summed E-state index contributed by atoms with van der Waals surface area (Å²) in [5.41, 5.74) is 7.29. The van der Waals surface area contributed by atoms with E-state index < -0.39 is 0 Å². The summed E-state index contributed by atoms with van der Waals surface area (Å²) in [6.07, 6.45) is 2.04. The van der Waals surface area contributed by atoms with E-state index >= 15 is 0 Å². The number of aromatic nitrogens is 2. The van der Waals surface area contributed by atoms with E-state index in [1.807, 2.05) is 23.9 Å². The molecule has 0 spiro atoms. The molecule has 0 N–H and O–H groups in total. The number of hydrogen-bond donors (Lipinski definition) is 0. The van der Waals surface area contributed by atoms with Crippen molar-refractivity contribution in [2.24, 2.45) is 0 Å². The van der Waals surface area contributed by atoms with E-state index in [2.05, 4.69) is 68.3 Å². The van der Waals surface area contributed by atoms with Crippen molar-refractivity contribution < 1.29 is 0 Å². The van der Waals surface area contributed by atoms with Gasteiger partial charge in [0.05, 0.1) is 11.4 Å². The molecular weight excluding hydrogens is 268 g/mol. The highest BCUT2D eigenvalue weighted by atomic mass is 15.3. The largest absolute Gasteiger partial charge is 0.240 e. The monoisotopic (exact) mass is 290 g/mol. The smallest absolute Gasteiger partial charge is 0.0686 e.